The topological polar surface area (TPSA) is 41.9 Å². The van der Waals surface area contributed by atoms with Crippen molar-refractivity contribution in [2.24, 2.45) is 0 Å². The van der Waals surface area contributed by atoms with Gasteiger partial charge in [0.05, 0.1) is 0 Å². The number of alkyl halides is 2. The highest BCUT2D eigenvalue weighted by Crippen LogP contribution is 2.35. The number of hydrogen-bond donors (Lipinski definition) is 0. The standard InChI is InChI=1S/C17H16F2N4S/c18-15(19)16-21-22-17(24-16)23-8-5-11(6-9-23)13-3-1-2-12-10-20-7-4-14(12)13/h1-4,7,10-11,15H,5-6,8-9H2. The quantitative estimate of drug-likeness (QED) is 0.704. The van der Waals surface area contributed by atoms with E-state index in [0.29, 0.717) is 11.0 Å². The van der Waals surface area contributed by atoms with Crippen LogP contribution < -0.4 is 4.90 Å². The second kappa shape index (κ2) is 6.39. The Morgan fingerprint density at radius 3 is 2.71 bits per heavy atom. The first kappa shape index (κ1) is 15.4. The Morgan fingerprint density at radius 1 is 1.12 bits per heavy atom. The molecule has 124 valence electrons. The van der Waals surface area contributed by atoms with Crippen molar-refractivity contribution in [1.82, 2.24) is 15.2 Å². The van der Waals surface area contributed by atoms with E-state index in [1.54, 1.807) is 0 Å². The number of nitrogens with zero attached hydrogens (tertiary/aromatic N) is 4. The van der Waals surface area contributed by atoms with Crippen molar-refractivity contribution >= 4 is 27.2 Å². The Labute approximate surface area is 142 Å². The average Bonchev–Trinajstić information content (AvgIpc) is 3.12. The molecule has 1 aliphatic heterocycles. The summed E-state index contributed by atoms with van der Waals surface area (Å²) in [7, 11) is 0. The van der Waals surface area contributed by atoms with E-state index in [1.807, 2.05) is 12.4 Å². The van der Waals surface area contributed by atoms with Gasteiger partial charge in [-0.1, -0.05) is 29.5 Å². The van der Waals surface area contributed by atoms with Crippen LogP contribution in [0.25, 0.3) is 10.8 Å². The lowest BCUT2D eigenvalue weighted by molar-refractivity contribution is 0.150. The van der Waals surface area contributed by atoms with Gasteiger partial charge in [0.25, 0.3) is 6.43 Å². The molecule has 0 atom stereocenters. The van der Waals surface area contributed by atoms with Crippen molar-refractivity contribution in [2.45, 2.75) is 25.2 Å². The molecule has 0 N–H and O–H groups in total. The van der Waals surface area contributed by atoms with Gasteiger partial charge in [0.2, 0.25) is 5.13 Å². The average molecular weight is 346 g/mol. The summed E-state index contributed by atoms with van der Waals surface area (Å²) in [4.78, 5) is 6.25. The number of halogens is 2. The summed E-state index contributed by atoms with van der Waals surface area (Å²) >= 11 is 0.993. The lowest BCUT2D eigenvalue weighted by Gasteiger charge is -2.32. The van der Waals surface area contributed by atoms with Crippen molar-refractivity contribution in [2.75, 3.05) is 18.0 Å². The van der Waals surface area contributed by atoms with E-state index in [-0.39, 0.29) is 5.01 Å². The minimum atomic E-state index is -2.54. The minimum Gasteiger partial charge on any atom is -0.347 e. The van der Waals surface area contributed by atoms with E-state index < -0.39 is 6.43 Å². The predicted molar refractivity (Wildman–Crippen MR) is 90.8 cm³/mol. The molecule has 0 unspecified atom stereocenters. The van der Waals surface area contributed by atoms with E-state index in [0.717, 1.165) is 42.7 Å². The monoisotopic (exact) mass is 346 g/mol. The van der Waals surface area contributed by atoms with Crippen LogP contribution in [0.2, 0.25) is 0 Å². The molecule has 0 spiro atoms. The predicted octanol–water partition coefficient (Wildman–Crippen LogP) is 4.41. The molecule has 0 bridgehead atoms. The third-order valence-corrected chi connectivity index (χ3v) is 5.53. The summed E-state index contributed by atoms with van der Waals surface area (Å²) in [6.45, 7) is 1.62. The third-order valence-electron chi connectivity index (χ3n) is 4.54. The minimum absolute atomic E-state index is 0.200. The van der Waals surface area contributed by atoms with Gasteiger partial charge in [-0.25, -0.2) is 8.78 Å². The maximum absolute atomic E-state index is 12.7. The summed E-state index contributed by atoms with van der Waals surface area (Å²) in [5, 5.41) is 10.3. The maximum atomic E-state index is 12.7. The van der Waals surface area contributed by atoms with Gasteiger partial charge >= 0.3 is 0 Å². The normalized spacial score (nSPS) is 16.2. The smallest absolute Gasteiger partial charge is 0.291 e. The summed E-state index contributed by atoms with van der Waals surface area (Å²) in [5.74, 6) is 0.467. The van der Waals surface area contributed by atoms with Crippen molar-refractivity contribution in [3.05, 3.63) is 47.2 Å². The molecular weight excluding hydrogens is 330 g/mol. The van der Waals surface area contributed by atoms with Gasteiger partial charge in [0.1, 0.15) is 0 Å². The Morgan fingerprint density at radius 2 is 1.96 bits per heavy atom. The number of hydrogen-bond acceptors (Lipinski definition) is 5. The number of aromatic nitrogens is 3. The van der Waals surface area contributed by atoms with E-state index in [9.17, 15) is 8.78 Å². The fourth-order valence-corrected chi connectivity index (χ4v) is 4.08. The fraction of sp³-hybridized carbons (Fsp3) is 0.353. The zero-order chi connectivity index (χ0) is 16.5. The van der Waals surface area contributed by atoms with Gasteiger partial charge in [0.15, 0.2) is 5.01 Å². The molecular formula is C17H16F2N4S. The number of pyridine rings is 1. The van der Waals surface area contributed by atoms with E-state index in [1.165, 1.54) is 10.9 Å². The van der Waals surface area contributed by atoms with Crippen molar-refractivity contribution in [3.8, 4) is 0 Å². The Bertz CT molecular complexity index is 838. The van der Waals surface area contributed by atoms with Crippen molar-refractivity contribution < 1.29 is 8.78 Å². The van der Waals surface area contributed by atoms with Crippen LogP contribution in [-0.2, 0) is 0 Å². The van der Waals surface area contributed by atoms with Crippen LogP contribution in [0.3, 0.4) is 0 Å². The summed E-state index contributed by atoms with van der Waals surface area (Å²) in [5.41, 5.74) is 1.35. The van der Waals surface area contributed by atoms with Gasteiger partial charge in [-0.15, -0.1) is 10.2 Å². The van der Waals surface area contributed by atoms with Crippen LogP contribution in [0.1, 0.15) is 35.8 Å². The molecule has 0 radical (unpaired) electrons. The first-order valence-electron chi connectivity index (χ1n) is 7.91. The Hall–Kier alpha value is -2.15. The highest BCUT2D eigenvalue weighted by molar-refractivity contribution is 7.15. The number of piperidine rings is 1. The molecule has 4 nitrogen and oxygen atoms in total. The second-order valence-electron chi connectivity index (χ2n) is 5.93. The molecule has 2 aromatic heterocycles. The first-order chi connectivity index (χ1) is 11.7. The van der Waals surface area contributed by atoms with Gasteiger partial charge in [0, 0.05) is 30.9 Å². The Balaban J connectivity index is 1.51. The van der Waals surface area contributed by atoms with E-state index in [4.69, 9.17) is 0 Å². The molecule has 3 aromatic rings. The Kier molecular flexibility index (Phi) is 4.10. The van der Waals surface area contributed by atoms with Crippen molar-refractivity contribution in [1.29, 1.82) is 0 Å². The van der Waals surface area contributed by atoms with E-state index in [2.05, 4.69) is 44.3 Å². The molecule has 0 saturated carbocycles. The number of benzene rings is 1. The molecule has 1 aromatic carbocycles. The molecule has 0 amide bonds. The number of fused-ring (bicyclic) bond motifs is 1. The second-order valence-corrected chi connectivity index (χ2v) is 6.92. The van der Waals surface area contributed by atoms with E-state index >= 15 is 0 Å². The molecule has 1 saturated heterocycles. The summed E-state index contributed by atoms with van der Waals surface area (Å²) in [6, 6.07) is 8.40. The van der Waals surface area contributed by atoms with Gasteiger partial charge in [-0.2, -0.15) is 0 Å². The van der Waals surface area contributed by atoms with Crippen LogP contribution >= 0.6 is 11.3 Å². The number of rotatable bonds is 3. The summed E-state index contributed by atoms with van der Waals surface area (Å²) < 4.78 is 25.3. The molecule has 1 aliphatic rings. The van der Waals surface area contributed by atoms with Gasteiger partial charge in [-0.3, -0.25) is 4.98 Å². The van der Waals surface area contributed by atoms with Crippen molar-refractivity contribution in [3.63, 3.8) is 0 Å². The van der Waals surface area contributed by atoms with Crippen LogP contribution in [0.5, 0.6) is 0 Å². The lowest BCUT2D eigenvalue weighted by atomic mass is 9.87. The van der Waals surface area contributed by atoms with Crippen LogP contribution in [0.15, 0.2) is 36.7 Å². The highest BCUT2D eigenvalue weighted by atomic mass is 32.1. The molecule has 4 rings (SSSR count). The lowest BCUT2D eigenvalue weighted by Crippen LogP contribution is -2.32. The molecule has 3 heterocycles. The molecule has 0 aliphatic carbocycles. The van der Waals surface area contributed by atoms with Crippen LogP contribution in [0.4, 0.5) is 13.9 Å². The van der Waals surface area contributed by atoms with Crippen LogP contribution in [0, 0.1) is 0 Å². The molecule has 24 heavy (non-hydrogen) atoms. The highest BCUT2D eigenvalue weighted by Gasteiger charge is 2.25. The third kappa shape index (κ3) is 2.84. The SMILES string of the molecule is FC(F)c1nnc(N2CCC(c3cccc4cnccc34)CC2)s1. The number of anilines is 1. The largest absolute Gasteiger partial charge is 0.347 e. The van der Waals surface area contributed by atoms with Crippen LogP contribution in [-0.4, -0.2) is 28.3 Å². The molecule has 1 fully saturated rings. The zero-order valence-electron chi connectivity index (χ0n) is 12.9. The van der Waals surface area contributed by atoms with Gasteiger partial charge in [-0.05, 0) is 35.8 Å². The zero-order valence-corrected chi connectivity index (χ0v) is 13.7. The maximum Gasteiger partial charge on any atom is 0.291 e. The summed E-state index contributed by atoms with van der Waals surface area (Å²) in [6.07, 6.45) is 3.13. The van der Waals surface area contributed by atoms with Gasteiger partial charge < -0.3 is 4.90 Å². The fourth-order valence-electron chi connectivity index (χ4n) is 3.33. The first-order valence-corrected chi connectivity index (χ1v) is 8.73. The molecule has 7 heteroatoms.